The van der Waals surface area contributed by atoms with Gasteiger partial charge in [-0.15, -0.1) is 0 Å². The molecule has 0 unspecified atom stereocenters. The molecule has 4 aromatic carbocycles. The third-order valence-corrected chi connectivity index (χ3v) is 6.33. The summed E-state index contributed by atoms with van der Waals surface area (Å²) in [5.41, 5.74) is 2.69. The van der Waals surface area contributed by atoms with Gasteiger partial charge in [0, 0.05) is 5.56 Å². The Morgan fingerprint density at radius 3 is 2.53 bits per heavy atom. The van der Waals surface area contributed by atoms with Gasteiger partial charge in [-0.1, -0.05) is 60.7 Å². The molecule has 0 bridgehead atoms. The van der Waals surface area contributed by atoms with Crippen LogP contribution in [0.2, 0.25) is 0 Å². The summed E-state index contributed by atoms with van der Waals surface area (Å²) in [5, 5.41) is 5.72. The molecule has 0 spiro atoms. The van der Waals surface area contributed by atoms with Gasteiger partial charge in [0.15, 0.2) is 5.17 Å². The molecule has 1 fully saturated rings. The van der Waals surface area contributed by atoms with Crippen LogP contribution >= 0.6 is 11.8 Å². The van der Waals surface area contributed by atoms with Crippen LogP contribution in [0.4, 0.5) is 5.69 Å². The van der Waals surface area contributed by atoms with Crippen LogP contribution in [0.1, 0.15) is 11.1 Å². The Balaban J connectivity index is 1.35. The third-order valence-electron chi connectivity index (χ3n) is 5.42. The summed E-state index contributed by atoms with van der Waals surface area (Å²) >= 11 is 1.31. The molecule has 0 saturated carbocycles. The van der Waals surface area contributed by atoms with Crippen molar-refractivity contribution in [2.45, 2.75) is 6.61 Å². The van der Waals surface area contributed by atoms with E-state index in [4.69, 9.17) is 9.47 Å². The van der Waals surface area contributed by atoms with E-state index in [-0.39, 0.29) is 5.91 Å². The molecule has 0 aromatic heterocycles. The lowest BCUT2D eigenvalue weighted by molar-refractivity contribution is -0.115. The molecule has 1 aliphatic heterocycles. The molecule has 0 radical (unpaired) electrons. The molecule has 1 aliphatic rings. The van der Waals surface area contributed by atoms with Crippen molar-refractivity contribution in [3.63, 3.8) is 0 Å². The summed E-state index contributed by atoms with van der Waals surface area (Å²) in [7, 11) is 1.62. The molecule has 1 saturated heterocycles. The van der Waals surface area contributed by atoms with E-state index in [9.17, 15) is 4.79 Å². The smallest absolute Gasteiger partial charge is 0.264 e. The number of amides is 1. The number of para-hydroxylation sites is 1. The molecule has 1 N–H and O–H groups in total. The van der Waals surface area contributed by atoms with Crippen molar-refractivity contribution >= 4 is 45.4 Å². The molecule has 5 nitrogen and oxygen atoms in total. The minimum absolute atomic E-state index is 0.180. The number of hydrogen-bond donors (Lipinski definition) is 1. The van der Waals surface area contributed by atoms with Gasteiger partial charge in [-0.05, 0) is 64.5 Å². The van der Waals surface area contributed by atoms with Crippen LogP contribution in [-0.2, 0) is 11.4 Å². The Morgan fingerprint density at radius 2 is 1.68 bits per heavy atom. The number of rotatable bonds is 6. The lowest BCUT2D eigenvalue weighted by Crippen LogP contribution is -2.19. The SMILES string of the molecule is COc1ccc(N=C2NC(=O)/C(=C/c3ccccc3OCc3cccc4ccccc34)S2)cc1. The maximum Gasteiger partial charge on any atom is 0.264 e. The number of ether oxygens (including phenoxy) is 2. The summed E-state index contributed by atoms with van der Waals surface area (Å²) in [5.74, 6) is 1.30. The number of nitrogens with zero attached hydrogens (tertiary/aromatic N) is 1. The fourth-order valence-corrected chi connectivity index (χ4v) is 4.53. The average molecular weight is 467 g/mol. The predicted octanol–water partition coefficient (Wildman–Crippen LogP) is 6.32. The van der Waals surface area contributed by atoms with Crippen molar-refractivity contribution < 1.29 is 14.3 Å². The van der Waals surface area contributed by atoms with E-state index in [2.05, 4.69) is 34.6 Å². The molecule has 1 heterocycles. The zero-order valence-corrected chi connectivity index (χ0v) is 19.3. The monoisotopic (exact) mass is 466 g/mol. The molecule has 0 atom stereocenters. The van der Waals surface area contributed by atoms with Crippen LogP contribution in [-0.4, -0.2) is 18.2 Å². The Morgan fingerprint density at radius 1 is 0.912 bits per heavy atom. The zero-order chi connectivity index (χ0) is 23.3. The number of fused-ring (bicyclic) bond motifs is 1. The second-order valence-electron chi connectivity index (χ2n) is 7.64. The van der Waals surface area contributed by atoms with Gasteiger partial charge in [-0.2, -0.15) is 0 Å². The highest BCUT2D eigenvalue weighted by Gasteiger charge is 2.24. The minimum atomic E-state index is -0.180. The Labute approximate surface area is 202 Å². The number of carbonyl (C=O) groups is 1. The van der Waals surface area contributed by atoms with E-state index >= 15 is 0 Å². The highest BCUT2D eigenvalue weighted by molar-refractivity contribution is 8.18. The topological polar surface area (TPSA) is 59.9 Å². The number of amidine groups is 1. The Hall–Kier alpha value is -4.03. The van der Waals surface area contributed by atoms with Gasteiger partial charge in [0.1, 0.15) is 18.1 Å². The van der Waals surface area contributed by atoms with Crippen molar-refractivity contribution in [3.05, 3.63) is 107 Å². The summed E-state index contributed by atoms with van der Waals surface area (Å²) in [4.78, 5) is 17.7. The first kappa shape index (κ1) is 21.8. The first-order valence-electron chi connectivity index (χ1n) is 10.8. The Kier molecular flexibility index (Phi) is 6.31. The summed E-state index contributed by atoms with van der Waals surface area (Å²) < 4.78 is 11.4. The number of nitrogens with one attached hydrogen (secondary N) is 1. The van der Waals surface area contributed by atoms with Crippen LogP contribution in [0.3, 0.4) is 0 Å². The summed E-state index contributed by atoms with van der Waals surface area (Å²) in [6.07, 6.45) is 1.84. The Bertz CT molecular complexity index is 1410. The molecule has 1 amide bonds. The van der Waals surface area contributed by atoms with E-state index in [1.54, 1.807) is 7.11 Å². The fourth-order valence-electron chi connectivity index (χ4n) is 3.70. The average Bonchev–Trinajstić information content (AvgIpc) is 3.22. The van der Waals surface area contributed by atoms with Gasteiger partial charge in [0.2, 0.25) is 0 Å². The van der Waals surface area contributed by atoms with E-state index < -0.39 is 0 Å². The second-order valence-corrected chi connectivity index (χ2v) is 8.68. The number of carbonyl (C=O) groups excluding carboxylic acids is 1. The molecule has 34 heavy (non-hydrogen) atoms. The van der Waals surface area contributed by atoms with Gasteiger partial charge in [0.25, 0.3) is 5.91 Å². The van der Waals surface area contributed by atoms with Crippen molar-refractivity contribution in [2.75, 3.05) is 7.11 Å². The zero-order valence-electron chi connectivity index (χ0n) is 18.5. The number of hydrogen-bond acceptors (Lipinski definition) is 5. The molecule has 0 aliphatic carbocycles. The van der Waals surface area contributed by atoms with Crippen molar-refractivity contribution in [3.8, 4) is 11.5 Å². The van der Waals surface area contributed by atoms with Crippen molar-refractivity contribution in [2.24, 2.45) is 4.99 Å². The van der Waals surface area contributed by atoms with Crippen LogP contribution in [0.15, 0.2) is 101 Å². The van der Waals surface area contributed by atoms with Crippen LogP contribution in [0.5, 0.6) is 11.5 Å². The highest BCUT2D eigenvalue weighted by atomic mass is 32.2. The molecule has 4 aromatic rings. The maximum absolute atomic E-state index is 12.6. The highest BCUT2D eigenvalue weighted by Crippen LogP contribution is 2.31. The van der Waals surface area contributed by atoms with Crippen molar-refractivity contribution in [1.82, 2.24) is 5.32 Å². The van der Waals surface area contributed by atoms with Gasteiger partial charge >= 0.3 is 0 Å². The van der Waals surface area contributed by atoms with E-state index in [0.29, 0.717) is 16.7 Å². The number of benzene rings is 4. The van der Waals surface area contributed by atoms with Gasteiger partial charge in [0.05, 0.1) is 17.7 Å². The lowest BCUT2D eigenvalue weighted by Gasteiger charge is -2.11. The standard InChI is InChI=1S/C28H22N2O3S/c1-32-23-15-13-22(14-16-23)29-28-30-27(31)26(34-28)17-20-8-3-5-12-25(20)33-18-21-10-6-9-19-7-2-4-11-24(19)21/h2-17H,18H2,1H3,(H,29,30,31)/b26-17-. The van der Waals surface area contributed by atoms with E-state index in [1.165, 1.54) is 22.5 Å². The molecular formula is C28H22N2O3S. The van der Waals surface area contributed by atoms with Gasteiger partial charge < -0.3 is 14.8 Å². The van der Waals surface area contributed by atoms with E-state index in [0.717, 1.165) is 28.3 Å². The number of thioether (sulfide) groups is 1. The third kappa shape index (κ3) is 4.82. The quantitative estimate of drug-likeness (QED) is 0.338. The number of methoxy groups -OCH3 is 1. The molecule has 5 rings (SSSR count). The first-order chi connectivity index (χ1) is 16.7. The van der Waals surface area contributed by atoms with E-state index in [1.807, 2.05) is 72.8 Å². The van der Waals surface area contributed by atoms with Gasteiger partial charge in [-0.25, -0.2) is 4.99 Å². The molecule has 6 heteroatoms. The molecular weight excluding hydrogens is 444 g/mol. The first-order valence-corrected chi connectivity index (χ1v) is 11.6. The second kappa shape index (κ2) is 9.85. The van der Waals surface area contributed by atoms with Gasteiger partial charge in [-0.3, -0.25) is 4.79 Å². The lowest BCUT2D eigenvalue weighted by atomic mass is 10.1. The normalized spacial score (nSPS) is 15.6. The summed E-state index contributed by atoms with van der Waals surface area (Å²) in [6.45, 7) is 0.436. The molecule has 168 valence electrons. The van der Waals surface area contributed by atoms with Crippen LogP contribution in [0, 0.1) is 0 Å². The largest absolute Gasteiger partial charge is 0.497 e. The van der Waals surface area contributed by atoms with Crippen molar-refractivity contribution in [1.29, 1.82) is 0 Å². The maximum atomic E-state index is 12.6. The fraction of sp³-hybridized carbons (Fsp3) is 0.0714. The number of aliphatic imine (C=N–C) groups is 1. The predicted molar refractivity (Wildman–Crippen MR) is 139 cm³/mol. The minimum Gasteiger partial charge on any atom is -0.497 e. The summed E-state index contributed by atoms with van der Waals surface area (Å²) in [6, 6.07) is 29.6. The van der Waals surface area contributed by atoms with Crippen LogP contribution < -0.4 is 14.8 Å². The van der Waals surface area contributed by atoms with Crippen LogP contribution in [0.25, 0.3) is 16.8 Å².